The molecule has 0 saturated heterocycles. The number of imidazole rings is 1. The normalized spacial score (nSPS) is 17.5. The topological polar surface area (TPSA) is 45.5 Å². The molecule has 8 heteroatoms. The minimum Gasteiger partial charge on any atom is -0.462 e. The van der Waals surface area contributed by atoms with Crippen molar-refractivity contribution in [3.63, 3.8) is 0 Å². The van der Waals surface area contributed by atoms with Crippen molar-refractivity contribution in [3.8, 4) is 11.8 Å². The molecule has 0 N–H and O–H groups in total. The summed E-state index contributed by atoms with van der Waals surface area (Å²) in [6.07, 6.45) is -2.94. The van der Waals surface area contributed by atoms with E-state index in [2.05, 4.69) is 9.72 Å². The number of halogens is 3. The van der Waals surface area contributed by atoms with Crippen molar-refractivity contribution in [3.05, 3.63) is 41.7 Å². The van der Waals surface area contributed by atoms with Crippen LogP contribution >= 0.6 is 0 Å². The van der Waals surface area contributed by atoms with Crippen molar-refractivity contribution >= 4 is 0 Å². The van der Waals surface area contributed by atoms with Crippen LogP contribution in [0.15, 0.2) is 30.5 Å². The average molecular weight is 328 g/mol. The fourth-order valence-electron chi connectivity index (χ4n) is 2.31. The largest absolute Gasteiger partial charge is 0.573 e. The Bertz CT molecular complexity index is 668. The first-order valence-electron chi connectivity index (χ1n) is 7.02. The second kappa shape index (κ2) is 6.11. The highest BCUT2D eigenvalue weighted by atomic mass is 19.4. The maximum atomic E-state index is 12.1. The minimum atomic E-state index is -4.68. The van der Waals surface area contributed by atoms with Gasteiger partial charge in [0.25, 0.3) is 6.01 Å². The summed E-state index contributed by atoms with van der Waals surface area (Å²) in [6, 6.07) is 6.19. The summed E-state index contributed by atoms with van der Waals surface area (Å²) >= 11 is 0. The third-order valence-corrected chi connectivity index (χ3v) is 3.30. The van der Waals surface area contributed by atoms with Gasteiger partial charge in [0.05, 0.1) is 18.8 Å². The molecule has 0 aliphatic carbocycles. The Morgan fingerprint density at radius 1 is 1.30 bits per heavy atom. The Morgan fingerprint density at radius 2 is 2.04 bits per heavy atom. The number of nitrogens with zero attached hydrogens (tertiary/aromatic N) is 2. The number of alkyl halides is 3. The molecule has 1 aromatic heterocycles. The summed E-state index contributed by atoms with van der Waals surface area (Å²) in [7, 11) is 0. The molecule has 124 valence electrons. The van der Waals surface area contributed by atoms with E-state index in [9.17, 15) is 13.2 Å². The lowest BCUT2D eigenvalue weighted by atomic mass is 10.2. The fraction of sp³-hybridized carbons (Fsp3) is 0.400. The highest BCUT2D eigenvalue weighted by molar-refractivity contribution is 5.27. The van der Waals surface area contributed by atoms with Crippen LogP contribution in [-0.2, 0) is 17.9 Å². The lowest BCUT2D eigenvalue weighted by Gasteiger charge is -2.24. The average Bonchev–Trinajstić information content (AvgIpc) is 2.84. The van der Waals surface area contributed by atoms with Gasteiger partial charge in [-0.2, -0.15) is 0 Å². The first kappa shape index (κ1) is 15.7. The second-order valence-corrected chi connectivity index (χ2v) is 5.25. The van der Waals surface area contributed by atoms with Gasteiger partial charge in [-0.15, -0.1) is 13.2 Å². The van der Waals surface area contributed by atoms with Gasteiger partial charge >= 0.3 is 6.36 Å². The predicted molar refractivity (Wildman–Crippen MR) is 74.2 cm³/mol. The number of benzene rings is 1. The van der Waals surface area contributed by atoms with Crippen molar-refractivity contribution in [2.45, 2.75) is 32.5 Å². The molecule has 0 fully saturated rings. The number of ether oxygens (including phenoxy) is 3. The van der Waals surface area contributed by atoms with E-state index in [-0.39, 0.29) is 18.5 Å². The lowest BCUT2D eigenvalue weighted by molar-refractivity contribution is -0.274. The summed E-state index contributed by atoms with van der Waals surface area (Å²) in [5, 5.41) is 0. The van der Waals surface area contributed by atoms with Crippen LogP contribution in [0.4, 0.5) is 13.2 Å². The standard InChI is InChI=1S/C15H15F3N2O3/c1-10-6-20-7-13(9-22-14(20)19-10)21-8-11-2-4-12(5-3-11)23-15(16,17)18/h2-6,13H,7-9H2,1H3. The number of rotatable bonds is 4. The minimum absolute atomic E-state index is 0.137. The molecular weight excluding hydrogens is 313 g/mol. The maximum absolute atomic E-state index is 12.1. The van der Waals surface area contributed by atoms with Gasteiger partial charge in [-0.1, -0.05) is 12.1 Å². The van der Waals surface area contributed by atoms with Crippen LogP contribution in [0.5, 0.6) is 11.8 Å². The molecule has 0 spiro atoms. The van der Waals surface area contributed by atoms with E-state index in [4.69, 9.17) is 9.47 Å². The van der Waals surface area contributed by atoms with Crippen LogP contribution in [-0.4, -0.2) is 28.6 Å². The molecule has 1 aromatic carbocycles. The van der Waals surface area contributed by atoms with Gasteiger partial charge in [0.2, 0.25) is 0 Å². The third kappa shape index (κ3) is 4.16. The zero-order valence-electron chi connectivity index (χ0n) is 12.3. The molecule has 2 aromatic rings. The molecule has 1 aliphatic heterocycles. The molecule has 1 unspecified atom stereocenters. The maximum Gasteiger partial charge on any atom is 0.573 e. The molecule has 0 amide bonds. The van der Waals surface area contributed by atoms with E-state index in [1.54, 1.807) is 0 Å². The van der Waals surface area contributed by atoms with Gasteiger partial charge in [0, 0.05) is 6.20 Å². The molecule has 1 atom stereocenters. The zero-order chi connectivity index (χ0) is 16.4. The first-order chi connectivity index (χ1) is 10.9. The van der Waals surface area contributed by atoms with Crippen molar-refractivity contribution in [1.29, 1.82) is 0 Å². The molecule has 2 heterocycles. The van der Waals surface area contributed by atoms with E-state index in [0.29, 0.717) is 19.2 Å². The molecule has 0 radical (unpaired) electrons. The lowest BCUT2D eigenvalue weighted by Crippen LogP contribution is -2.32. The van der Waals surface area contributed by atoms with Gasteiger partial charge in [0.15, 0.2) is 0 Å². The molecule has 0 bridgehead atoms. The Hall–Kier alpha value is -2.22. The molecular formula is C15H15F3N2O3. The highest BCUT2D eigenvalue weighted by Crippen LogP contribution is 2.23. The Kier molecular flexibility index (Phi) is 4.16. The molecule has 3 rings (SSSR count). The second-order valence-electron chi connectivity index (χ2n) is 5.25. The fourth-order valence-corrected chi connectivity index (χ4v) is 2.31. The third-order valence-electron chi connectivity index (χ3n) is 3.30. The summed E-state index contributed by atoms with van der Waals surface area (Å²) in [6.45, 7) is 3.19. The van der Waals surface area contributed by atoms with E-state index >= 15 is 0 Å². The van der Waals surface area contributed by atoms with Crippen LogP contribution in [0.25, 0.3) is 0 Å². The molecule has 23 heavy (non-hydrogen) atoms. The summed E-state index contributed by atoms with van der Waals surface area (Å²) in [5.74, 6) is -0.249. The van der Waals surface area contributed by atoms with Crippen LogP contribution in [0, 0.1) is 6.92 Å². The zero-order valence-corrected chi connectivity index (χ0v) is 12.3. The number of fused-ring (bicyclic) bond motifs is 1. The van der Waals surface area contributed by atoms with Crippen molar-refractivity contribution in [2.24, 2.45) is 0 Å². The highest BCUT2D eigenvalue weighted by Gasteiger charge is 2.31. The molecule has 1 aliphatic rings. The molecule has 0 saturated carbocycles. The number of hydrogen-bond acceptors (Lipinski definition) is 4. The van der Waals surface area contributed by atoms with E-state index in [1.165, 1.54) is 24.3 Å². The van der Waals surface area contributed by atoms with Crippen molar-refractivity contribution < 1.29 is 27.4 Å². The number of aromatic nitrogens is 2. The number of hydrogen-bond donors (Lipinski definition) is 0. The van der Waals surface area contributed by atoms with E-state index in [1.807, 2.05) is 17.7 Å². The SMILES string of the molecule is Cc1cn2c(n1)OCC(OCc1ccc(OC(F)(F)F)cc1)C2. The summed E-state index contributed by atoms with van der Waals surface area (Å²) in [5.41, 5.74) is 1.63. The molecule has 5 nitrogen and oxygen atoms in total. The Balaban J connectivity index is 1.53. The van der Waals surface area contributed by atoms with E-state index in [0.717, 1.165) is 11.3 Å². The quantitative estimate of drug-likeness (QED) is 0.865. The van der Waals surface area contributed by atoms with Gasteiger partial charge in [-0.05, 0) is 24.6 Å². The van der Waals surface area contributed by atoms with Crippen molar-refractivity contribution in [2.75, 3.05) is 6.61 Å². The van der Waals surface area contributed by atoms with Crippen molar-refractivity contribution in [1.82, 2.24) is 9.55 Å². The van der Waals surface area contributed by atoms with Gasteiger partial charge < -0.3 is 14.2 Å². The van der Waals surface area contributed by atoms with Crippen LogP contribution in [0.1, 0.15) is 11.3 Å². The van der Waals surface area contributed by atoms with Crippen LogP contribution < -0.4 is 9.47 Å². The van der Waals surface area contributed by atoms with Gasteiger partial charge in [-0.3, -0.25) is 4.57 Å². The van der Waals surface area contributed by atoms with Gasteiger partial charge in [0.1, 0.15) is 18.5 Å². The van der Waals surface area contributed by atoms with Crippen LogP contribution in [0.3, 0.4) is 0 Å². The number of aryl methyl sites for hydroxylation is 1. The summed E-state index contributed by atoms with van der Waals surface area (Å²) < 4.78 is 53.2. The predicted octanol–water partition coefficient (Wildman–Crippen LogP) is 3.07. The first-order valence-corrected chi connectivity index (χ1v) is 7.02. The monoisotopic (exact) mass is 328 g/mol. The van der Waals surface area contributed by atoms with Crippen LogP contribution in [0.2, 0.25) is 0 Å². The smallest absolute Gasteiger partial charge is 0.462 e. The van der Waals surface area contributed by atoms with E-state index < -0.39 is 6.36 Å². The summed E-state index contributed by atoms with van der Waals surface area (Å²) in [4.78, 5) is 4.22. The Morgan fingerprint density at radius 3 is 2.74 bits per heavy atom. The Labute approximate surface area is 130 Å². The van der Waals surface area contributed by atoms with Gasteiger partial charge in [-0.25, -0.2) is 4.98 Å².